The molecule has 1 amide bonds. The van der Waals surface area contributed by atoms with Crippen LogP contribution in [0.25, 0.3) is 0 Å². The molecule has 1 unspecified atom stereocenters. The minimum atomic E-state index is -0.974. The molecule has 2 aromatic carbocycles. The number of hydrogen-bond acceptors (Lipinski definition) is 5. The zero-order valence-electron chi connectivity index (χ0n) is 17.2. The molecule has 1 aromatic heterocycles. The van der Waals surface area contributed by atoms with Crippen molar-refractivity contribution in [3.05, 3.63) is 70.3 Å². The lowest BCUT2D eigenvalue weighted by molar-refractivity contribution is -0.137. The maximum absolute atomic E-state index is 13.6. The molecule has 5 N–H and O–H groups in total. The first kappa shape index (κ1) is 23.4. The fourth-order valence-corrected chi connectivity index (χ4v) is 4.69. The minimum Gasteiger partial charge on any atom is -0.481 e. The standard InChI is InChI=1S/C22H22BrN5O3S/c1-13-20(32-22(26-13)27-21(24)25)28(17-8-3-2-4-9-17)18(29)11-15(12-19(30)31)14-6-5-7-16(23)10-14/h2-10,15H,11-12H2,1H3,(H,30,31)(H4,24,25,26,27). The third-order valence-corrected chi connectivity index (χ3v) is 6.14. The number of anilines is 2. The van der Waals surface area contributed by atoms with E-state index in [1.165, 1.54) is 11.3 Å². The van der Waals surface area contributed by atoms with Crippen LogP contribution in [-0.2, 0) is 9.59 Å². The predicted octanol–water partition coefficient (Wildman–Crippen LogP) is 4.43. The molecule has 3 aromatic rings. The summed E-state index contributed by atoms with van der Waals surface area (Å²) in [5.74, 6) is -1.86. The molecule has 0 aliphatic carbocycles. The summed E-state index contributed by atoms with van der Waals surface area (Å²) in [4.78, 5) is 35.0. The molecule has 0 spiro atoms. The Balaban J connectivity index is 2.01. The number of rotatable bonds is 8. The van der Waals surface area contributed by atoms with E-state index in [-0.39, 0.29) is 24.7 Å². The number of aliphatic imine (C=N–C) groups is 1. The number of para-hydroxylation sites is 1. The highest BCUT2D eigenvalue weighted by Gasteiger charge is 2.27. The smallest absolute Gasteiger partial charge is 0.303 e. The summed E-state index contributed by atoms with van der Waals surface area (Å²) >= 11 is 4.60. The zero-order valence-corrected chi connectivity index (χ0v) is 19.6. The number of nitrogens with zero attached hydrogens (tertiary/aromatic N) is 3. The summed E-state index contributed by atoms with van der Waals surface area (Å²) in [7, 11) is 0. The van der Waals surface area contributed by atoms with Gasteiger partial charge in [-0.3, -0.25) is 14.5 Å². The number of carbonyl (C=O) groups excluding carboxylic acids is 1. The lowest BCUT2D eigenvalue weighted by atomic mass is 9.92. The van der Waals surface area contributed by atoms with Crippen molar-refractivity contribution in [3.63, 3.8) is 0 Å². The van der Waals surface area contributed by atoms with Gasteiger partial charge in [-0.1, -0.05) is 57.6 Å². The first-order chi connectivity index (χ1) is 15.2. The van der Waals surface area contributed by atoms with Gasteiger partial charge in [0.15, 0.2) is 5.96 Å². The van der Waals surface area contributed by atoms with Crippen LogP contribution in [0.2, 0.25) is 0 Å². The number of carboxylic acids is 1. The molecule has 1 atom stereocenters. The highest BCUT2D eigenvalue weighted by Crippen LogP contribution is 2.39. The van der Waals surface area contributed by atoms with E-state index in [0.717, 1.165) is 10.0 Å². The third-order valence-electron chi connectivity index (χ3n) is 4.61. The van der Waals surface area contributed by atoms with E-state index in [4.69, 9.17) is 11.5 Å². The average molecular weight is 516 g/mol. The van der Waals surface area contributed by atoms with Crippen LogP contribution in [0.1, 0.15) is 30.0 Å². The number of benzene rings is 2. The van der Waals surface area contributed by atoms with E-state index in [9.17, 15) is 14.7 Å². The van der Waals surface area contributed by atoms with Crippen LogP contribution in [0, 0.1) is 6.92 Å². The Hall–Kier alpha value is -3.24. The number of aliphatic carboxylic acids is 1. The third kappa shape index (κ3) is 5.92. The van der Waals surface area contributed by atoms with Crippen molar-refractivity contribution < 1.29 is 14.7 Å². The second-order valence-corrected chi connectivity index (χ2v) is 8.91. The van der Waals surface area contributed by atoms with Crippen molar-refractivity contribution in [3.8, 4) is 0 Å². The number of aryl methyl sites for hydroxylation is 1. The monoisotopic (exact) mass is 515 g/mol. The van der Waals surface area contributed by atoms with Crippen molar-refractivity contribution in [1.82, 2.24) is 4.98 Å². The first-order valence-electron chi connectivity index (χ1n) is 9.67. The molecule has 0 fully saturated rings. The van der Waals surface area contributed by atoms with Crippen LogP contribution in [0.15, 0.2) is 64.1 Å². The second-order valence-electron chi connectivity index (χ2n) is 7.04. The predicted molar refractivity (Wildman–Crippen MR) is 130 cm³/mol. The molecule has 166 valence electrons. The van der Waals surface area contributed by atoms with Crippen LogP contribution in [0.4, 0.5) is 15.8 Å². The van der Waals surface area contributed by atoms with Crippen LogP contribution in [0.3, 0.4) is 0 Å². The molecule has 0 radical (unpaired) electrons. The highest BCUT2D eigenvalue weighted by atomic mass is 79.9. The Bertz CT molecular complexity index is 1150. The molecule has 0 aliphatic heterocycles. The maximum atomic E-state index is 13.6. The molecule has 1 heterocycles. The number of carbonyl (C=O) groups is 2. The fourth-order valence-electron chi connectivity index (χ4n) is 3.27. The molecule has 0 saturated carbocycles. The number of aromatic nitrogens is 1. The molecule has 0 bridgehead atoms. The van der Waals surface area contributed by atoms with E-state index in [2.05, 4.69) is 25.9 Å². The maximum Gasteiger partial charge on any atom is 0.303 e. The Morgan fingerprint density at radius 3 is 2.50 bits per heavy atom. The van der Waals surface area contributed by atoms with Crippen LogP contribution in [-0.4, -0.2) is 27.9 Å². The van der Waals surface area contributed by atoms with Crippen LogP contribution in [0.5, 0.6) is 0 Å². The van der Waals surface area contributed by atoms with Gasteiger partial charge in [-0.05, 0) is 36.8 Å². The first-order valence-corrected chi connectivity index (χ1v) is 11.3. The Morgan fingerprint density at radius 2 is 1.88 bits per heavy atom. The summed E-state index contributed by atoms with van der Waals surface area (Å²) in [6.07, 6.45) is -0.182. The zero-order chi connectivity index (χ0) is 23.3. The molecule has 0 aliphatic rings. The summed E-state index contributed by atoms with van der Waals surface area (Å²) in [6.45, 7) is 1.77. The number of amides is 1. The van der Waals surface area contributed by atoms with E-state index < -0.39 is 11.9 Å². The number of nitrogens with two attached hydrogens (primary N) is 2. The SMILES string of the molecule is Cc1nc(N=C(N)N)sc1N(C(=O)CC(CC(=O)O)c1cccc(Br)c1)c1ccccc1. The van der Waals surface area contributed by atoms with Gasteiger partial charge in [0, 0.05) is 22.5 Å². The van der Waals surface area contributed by atoms with E-state index >= 15 is 0 Å². The molecule has 32 heavy (non-hydrogen) atoms. The van der Waals surface area contributed by atoms with Crippen molar-refractivity contribution in [2.75, 3.05) is 4.90 Å². The quantitative estimate of drug-likeness (QED) is 0.300. The number of hydrogen-bond donors (Lipinski definition) is 3. The molecule has 0 saturated heterocycles. The van der Waals surface area contributed by atoms with E-state index in [0.29, 0.717) is 21.5 Å². The van der Waals surface area contributed by atoms with Gasteiger partial charge in [0.1, 0.15) is 5.00 Å². The van der Waals surface area contributed by atoms with Gasteiger partial charge in [0.25, 0.3) is 0 Å². The molecular weight excluding hydrogens is 494 g/mol. The minimum absolute atomic E-state index is 0.00732. The molecular formula is C22H22BrN5O3S. The van der Waals surface area contributed by atoms with E-state index in [1.807, 2.05) is 54.6 Å². The van der Waals surface area contributed by atoms with Crippen LogP contribution < -0.4 is 16.4 Å². The molecule has 3 rings (SSSR count). The summed E-state index contributed by atoms with van der Waals surface area (Å²) in [5.41, 5.74) is 12.9. The van der Waals surface area contributed by atoms with E-state index in [1.54, 1.807) is 11.8 Å². The Morgan fingerprint density at radius 1 is 1.16 bits per heavy atom. The summed E-state index contributed by atoms with van der Waals surface area (Å²) in [5, 5.41) is 10.4. The Labute approximate surface area is 197 Å². The van der Waals surface area contributed by atoms with Gasteiger partial charge in [-0.15, -0.1) is 0 Å². The van der Waals surface area contributed by atoms with Gasteiger partial charge in [-0.2, -0.15) is 4.99 Å². The topological polar surface area (TPSA) is 135 Å². The second kappa shape index (κ2) is 10.4. The number of halogens is 1. The Kier molecular flexibility index (Phi) is 7.60. The molecule has 10 heteroatoms. The number of thiazole rings is 1. The van der Waals surface area contributed by atoms with Gasteiger partial charge < -0.3 is 16.6 Å². The molecule has 8 nitrogen and oxygen atoms in total. The summed E-state index contributed by atoms with van der Waals surface area (Å²) in [6, 6.07) is 16.5. The number of carboxylic acid groups (broad SMARTS) is 1. The van der Waals surface area contributed by atoms with Crippen molar-refractivity contribution in [1.29, 1.82) is 0 Å². The lowest BCUT2D eigenvalue weighted by Crippen LogP contribution is -2.28. The average Bonchev–Trinajstić information content (AvgIpc) is 3.07. The normalized spacial score (nSPS) is 11.6. The van der Waals surface area contributed by atoms with Crippen molar-refractivity contribution in [2.45, 2.75) is 25.7 Å². The fraction of sp³-hybridized carbons (Fsp3) is 0.182. The van der Waals surface area contributed by atoms with Crippen molar-refractivity contribution >= 4 is 60.9 Å². The van der Waals surface area contributed by atoms with Gasteiger partial charge in [0.2, 0.25) is 11.0 Å². The van der Waals surface area contributed by atoms with Gasteiger partial charge in [-0.25, -0.2) is 4.98 Å². The van der Waals surface area contributed by atoms with Gasteiger partial charge >= 0.3 is 5.97 Å². The summed E-state index contributed by atoms with van der Waals surface area (Å²) < 4.78 is 0.818. The highest BCUT2D eigenvalue weighted by molar-refractivity contribution is 9.10. The van der Waals surface area contributed by atoms with Crippen LogP contribution >= 0.6 is 27.3 Å². The largest absolute Gasteiger partial charge is 0.481 e. The lowest BCUT2D eigenvalue weighted by Gasteiger charge is -2.24. The van der Waals surface area contributed by atoms with Gasteiger partial charge in [0.05, 0.1) is 12.1 Å². The van der Waals surface area contributed by atoms with Crippen molar-refractivity contribution in [2.24, 2.45) is 16.5 Å². The number of guanidine groups is 1.